The number of carboxylic acid groups (broad SMARTS) is 1. The van der Waals surface area contributed by atoms with Gasteiger partial charge in [-0.05, 0) is 25.8 Å². The summed E-state index contributed by atoms with van der Waals surface area (Å²) in [6, 6.07) is -0.970. The Balaban J connectivity index is 1.27. The highest BCUT2D eigenvalue weighted by molar-refractivity contribution is 5.81. The number of nitrogens with zero attached hydrogens (tertiary/aromatic N) is 6. The Morgan fingerprint density at radius 2 is 1.39 bits per heavy atom. The molecule has 0 unspecified atom stereocenters. The summed E-state index contributed by atoms with van der Waals surface area (Å²) in [5.41, 5.74) is 23.2. The van der Waals surface area contributed by atoms with Crippen molar-refractivity contribution >= 4 is 28.9 Å². The van der Waals surface area contributed by atoms with E-state index in [0.717, 1.165) is 38.8 Å². The summed E-state index contributed by atoms with van der Waals surface area (Å²) in [5.74, 6) is -0.639. The molecule has 0 saturated carbocycles. The fraction of sp³-hybridized carbons (Fsp3) is 0.794. The predicted molar refractivity (Wildman–Crippen MR) is 191 cm³/mol. The molecule has 2 aromatic rings. The van der Waals surface area contributed by atoms with E-state index in [4.69, 9.17) is 27.7 Å². The van der Waals surface area contributed by atoms with Crippen molar-refractivity contribution in [3.63, 3.8) is 0 Å². The van der Waals surface area contributed by atoms with Gasteiger partial charge < -0.3 is 47.9 Å². The lowest BCUT2D eigenvalue weighted by atomic mass is 10.0. The normalized spacial score (nSPS) is 19.9. The van der Waals surface area contributed by atoms with Crippen molar-refractivity contribution in [2.75, 3.05) is 31.9 Å². The second-order valence-corrected chi connectivity index (χ2v) is 13.5. The summed E-state index contributed by atoms with van der Waals surface area (Å²) < 4.78 is 7.69. The van der Waals surface area contributed by atoms with E-state index in [1.165, 1.54) is 96.1 Å². The molecule has 0 radical (unpaired) electrons. The number of fused-ring (bicyclic) bond motifs is 1. The van der Waals surface area contributed by atoms with Gasteiger partial charge in [-0.15, -0.1) is 0 Å². The number of anilines is 1. The van der Waals surface area contributed by atoms with Crippen molar-refractivity contribution in [2.24, 2.45) is 22.2 Å². The van der Waals surface area contributed by atoms with Crippen molar-refractivity contribution in [1.29, 1.82) is 0 Å². The molecule has 0 aliphatic carbocycles. The van der Waals surface area contributed by atoms with Crippen molar-refractivity contribution in [3.05, 3.63) is 12.7 Å². The zero-order chi connectivity index (χ0) is 35.4. The number of carbonyl (C=O) groups is 1. The summed E-state index contributed by atoms with van der Waals surface area (Å²) >= 11 is 0. The number of hydrogen-bond donors (Lipinski definition) is 7. The molecule has 0 amide bonds. The standard InChI is InChI=1S/C34H62N10O5/c35-25(33(47)48)18-21-43(22-26-28(45)29(46)32(49-26)44-24-42-27-30(36)40-23-41-31(27)44)20-17-15-13-11-9-7-5-3-1-2-4-6-8-10-12-14-16-19-39-34(37)38/h23-26,28-29,32,45-46H,1-22,35H2,(H,47,48)(H2,36,40,41)(H4,37,38,39)/t25-,26+,28+,29+,32+/m0/s1. The van der Waals surface area contributed by atoms with Gasteiger partial charge >= 0.3 is 5.97 Å². The molecule has 1 aliphatic heterocycles. The molecule has 0 spiro atoms. The number of unbranched alkanes of at least 4 members (excludes halogenated alkanes) is 16. The maximum absolute atomic E-state index is 11.3. The minimum absolute atomic E-state index is 0.187. The molecule has 0 aromatic carbocycles. The SMILES string of the molecule is NC(N)=NCCCCCCCCCCCCCCCCCCCN(CC[C@H](N)C(=O)O)C[C@H]1O[C@@H](n2cnc3c(N)ncnc32)[C@H](O)[C@@H]1O. The summed E-state index contributed by atoms with van der Waals surface area (Å²) in [6.45, 7) is 2.23. The van der Waals surface area contributed by atoms with Crippen LogP contribution >= 0.6 is 0 Å². The first-order valence-corrected chi connectivity index (χ1v) is 18.4. The zero-order valence-corrected chi connectivity index (χ0v) is 29.2. The van der Waals surface area contributed by atoms with E-state index in [9.17, 15) is 20.1 Å². The van der Waals surface area contributed by atoms with Crippen LogP contribution < -0.4 is 22.9 Å². The minimum Gasteiger partial charge on any atom is -0.480 e. The van der Waals surface area contributed by atoms with Crippen LogP contribution in [-0.2, 0) is 9.53 Å². The van der Waals surface area contributed by atoms with Gasteiger partial charge in [0.2, 0.25) is 0 Å². The largest absolute Gasteiger partial charge is 0.480 e. The van der Waals surface area contributed by atoms with Gasteiger partial charge in [-0.1, -0.05) is 96.3 Å². The number of aliphatic hydroxyl groups excluding tert-OH is 2. The lowest BCUT2D eigenvalue weighted by Crippen LogP contribution is -2.42. The number of imidazole rings is 1. The van der Waals surface area contributed by atoms with Crippen LogP contribution in [0.2, 0.25) is 0 Å². The van der Waals surface area contributed by atoms with Gasteiger partial charge in [-0.25, -0.2) is 15.0 Å². The number of carboxylic acids is 1. The molecule has 0 bridgehead atoms. The highest BCUT2D eigenvalue weighted by atomic mass is 16.6. The third kappa shape index (κ3) is 14.3. The first-order valence-electron chi connectivity index (χ1n) is 18.4. The van der Waals surface area contributed by atoms with E-state index in [1.54, 1.807) is 4.57 Å². The van der Waals surface area contributed by atoms with E-state index in [1.807, 2.05) is 0 Å². The van der Waals surface area contributed by atoms with Crippen molar-refractivity contribution in [3.8, 4) is 0 Å². The van der Waals surface area contributed by atoms with Crippen LogP contribution in [0.5, 0.6) is 0 Å². The lowest BCUT2D eigenvalue weighted by Gasteiger charge is -2.27. The first-order chi connectivity index (χ1) is 23.7. The Hall–Kier alpha value is -3.11. The average molecular weight is 691 g/mol. The second kappa shape index (κ2) is 22.6. The van der Waals surface area contributed by atoms with Gasteiger partial charge in [0.1, 0.15) is 36.2 Å². The number of aromatic nitrogens is 4. The molecular weight excluding hydrogens is 628 g/mol. The van der Waals surface area contributed by atoms with E-state index in [-0.39, 0.29) is 18.2 Å². The van der Waals surface area contributed by atoms with Gasteiger partial charge in [-0.3, -0.25) is 14.4 Å². The smallest absolute Gasteiger partial charge is 0.320 e. The molecule has 3 rings (SSSR count). The molecule has 1 saturated heterocycles. The summed E-state index contributed by atoms with van der Waals surface area (Å²) in [5, 5.41) is 31.0. The van der Waals surface area contributed by atoms with E-state index in [0.29, 0.717) is 24.3 Å². The Labute approximate surface area is 290 Å². The van der Waals surface area contributed by atoms with Crippen molar-refractivity contribution < 1.29 is 24.9 Å². The Morgan fingerprint density at radius 3 is 1.94 bits per heavy atom. The molecule has 1 fully saturated rings. The Morgan fingerprint density at radius 1 is 0.837 bits per heavy atom. The minimum atomic E-state index is -1.21. The number of guanidine groups is 1. The quantitative estimate of drug-likeness (QED) is 0.0405. The van der Waals surface area contributed by atoms with Gasteiger partial charge in [-0.2, -0.15) is 0 Å². The van der Waals surface area contributed by atoms with Crippen LogP contribution in [-0.4, -0.2) is 102 Å². The summed E-state index contributed by atoms with van der Waals surface area (Å²) in [4.78, 5) is 29.8. The summed E-state index contributed by atoms with van der Waals surface area (Å²) in [7, 11) is 0. The fourth-order valence-corrected chi connectivity index (χ4v) is 6.47. The Kier molecular flexibility index (Phi) is 18.6. The number of nitrogens with two attached hydrogens (primary N) is 4. The van der Waals surface area contributed by atoms with E-state index in [2.05, 4.69) is 24.8 Å². The highest BCUT2D eigenvalue weighted by Gasteiger charge is 2.44. The van der Waals surface area contributed by atoms with Crippen LogP contribution in [0.3, 0.4) is 0 Å². The van der Waals surface area contributed by atoms with Gasteiger partial charge in [0.15, 0.2) is 23.7 Å². The molecule has 278 valence electrons. The molecule has 3 heterocycles. The van der Waals surface area contributed by atoms with Crippen LogP contribution in [0.1, 0.15) is 122 Å². The van der Waals surface area contributed by atoms with Crippen molar-refractivity contribution in [1.82, 2.24) is 24.4 Å². The average Bonchev–Trinajstić information content (AvgIpc) is 3.63. The second-order valence-electron chi connectivity index (χ2n) is 13.5. The van der Waals surface area contributed by atoms with Crippen molar-refractivity contribution in [2.45, 2.75) is 146 Å². The van der Waals surface area contributed by atoms with Gasteiger partial charge in [0.05, 0.1) is 6.33 Å². The number of aliphatic imine (C=N–C) groups is 1. The number of ether oxygens (including phenoxy) is 1. The van der Waals surface area contributed by atoms with Crippen LogP contribution in [0.15, 0.2) is 17.6 Å². The molecule has 15 nitrogen and oxygen atoms in total. The Bertz CT molecular complexity index is 1240. The maximum atomic E-state index is 11.3. The zero-order valence-electron chi connectivity index (χ0n) is 29.2. The number of nitrogen functional groups attached to an aromatic ring is 1. The summed E-state index contributed by atoms with van der Waals surface area (Å²) in [6.07, 6.45) is 20.1. The predicted octanol–water partition coefficient (Wildman–Crippen LogP) is 3.04. The van der Waals surface area contributed by atoms with Crippen LogP contribution in [0, 0.1) is 0 Å². The third-order valence-corrected chi connectivity index (χ3v) is 9.44. The number of aliphatic carboxylic acids is 1. The molecule has 2 aromatic heterocycles. The monoisotopic (exact) mass is 690 g/mol. The first kappa shape index (κ1) is 40.3. The number of rotatable bonds is 27. The fourth-order valence-electron chi connectivity index (χ4n) is 6.47. The molecule has 49 heavy (non-hydrogen) atoms. The highest BCUT2D eigenvalue weighted by Crippen LogP contribution is 2.32. The topological polar surface area (TPSA) is 250 Å². The number of aliphatic hydroxyl groups is 2. The maximum Gasteiger partial charge on any atom is 0.320 e. The van der Waals surface area contributed by atoms with E-state index < -0.39 is 36.6 Å². The molecule has 5 atom stereocenters. The molecule has 15 heteroatoms. The number of hydrogen-bond acceptors (Lipinski definition) is 11. The molecule has 1 aliphatic rings. The third-order valence-electron chi connectivity index (χ3n) is 9.44. The van der Waals surface area contributed by atoms with Gasteiger partial charge in [0, 0.05) is 19.6 Å². The van der Waals surface area contributed by atoms with E-state index >= 15 is 0 Å². The van der Waals surface area contributed by atoms with Gasteiger partial charge in [0.25, 0.3) is 0 Å². The lowest BCUT2D eigenvalue weighted by molar-refractivity contribution is -0.138. The molecular formula is C34H62N10O5. The molecule has 11 N–H and O–H groups in total. The van der Waals surface area contributed by atoms with Crippen LogP contribution in [0.4, 0.5) is 5.82 Å². The van der Waals surface area contributed by atoms with Crippen LogP contribution in [0.25, 0.3) is 11.2 Å².